The number of nitrogens with one attached hydrogen (secondary N) is 1. The van der Waals surface area contributed by atoms with Crippen molar-refractivity contribution >= 4 is 10.0 Å². The number of hydrogen-bond donors (Lipinski definition) is 2. The lowest BCUT2D eigenvalue weighted by molar-refractivity contribution is 0.0554. The van der Waals surface area contributed by atoms with Crippen molar-refractivity contribution in [3.05, 3.63) is 12.5 Å². The minimum atomic E-state index is -3.64. The van der Waals surface area contributed by atoms with Crippen LogP contribution >= 0.6 is 0 Å². The molecule has 0 fully saturated rings. The fourth-order valence-electron chi connectivity index (χ4n) is 1.60. The molecule has 0 radical (unpaired) electrons. The number of nitrogens with zero attached hydrogens (tertiary/aromatic N) is 2. The molecule has 0 spiro atoms. The first-order chi connectivity index (χ1) is 8.30. The van der Waals surface area contributed by atoms with Crippen molar-refractivity contribution in [1.82, 2.24) is 14.3 Å². The summed E-state index contributed by atoms with van der Waals surface area (Å²) in [4.78, 5) is 3.84. The van der Waals surface area contributed by atoms with Crippen LogP contribution in [0.2, 0.25) is 0 Å². The van der Waals surface area contributed by atoms with Crippen LogP contribution in [-0.2, 0) is 16.6 Å². The molecule has 0 aliphatic carbocycles. The maximum Gasteiger partial charge on any atom is 0.259 e. The molecular weight excluding hydrogens is 254 g/mol. The predicted octanol–water partition coefficient (Wildman–Crippen LogP) is 0.732. The topological polar surface area (TPSA) is 84.2 Å². The summed E-state index contributed by atoms with van der Waals surface area (Å²) >= 11 is 0. The Morgan fingerprint density at radius 1 is 1.50 bits per heavy atom. The summed E-state index contributed by atoms with van der Waals surface area (Å²) in [6.45, 7) is 6.10. The Morgan fingerprint density at radius 3 is 2.67 bits per heavy atom. The molecule has 0 aliphatic heterocycles. The van der Waals surface area contributed by atoms with Gasteiger partial charge in [-0.1, -0.05) is 13.3 Å². The molecule has 0 bridgehead atoms. The number of aryl methyl sites for hydroxylation is 1. The van der Waals surface area contributed by atoms with Crippen LogP contribution in [0.15, 0.2) is 17.6 Å². The maximum absolute atomic E-state index is 11.9. The van der Waals surface area contributed by atoms with Crippen molar-refractivity contribution in [2.45, 2.75) is 50.8 Å². The summed E-state index contributed by atoms with van der Waals surface area (Å²) in [7, 11) is -3.64. The first kappa shape index (κ1) is 15.1. The van der Waals surface area contributed by atoms with Gasteiger partial charge in [0.05, 0.1) is 11.9 Å². The smallest absolute Gasteiger partial charge is 0.259 e. The average Bonchev–Trinajstić information content (AvgIpc) is 2.76. The van der Waals surface area contributed by atoms with E-state index in [1.165, 1.54) is 12.5 Å². The van der Waals surface area contributed by atoms with E-state index >= 15 is 0 Å². The Balaban J connectivity index is 2.71. The van der Waals surface area contributed by atoms with Crippen LogP contribution in [0.25, 0.3) is 0 Å². The van der Waals surface area contributed by atoms with E-state index < -0.39 is 15.6 Å². The molecule has 1 rings (SSSR count). The van der Waals surface area contributed by atoms with E-state index in [0.29, 0.717) is 13.0 Å². The van der Waals surface area contributed by atoms with Crippen LogP contribution < -0.4 is 4.72 Å². The van der Waals surface area contributed by atoms with Crippen LogP contribution in [0.4, 0.5) is 0 Å². The third kappa shape index (κ3) is 4.08. The van der Waals surface area contributed by atoms with Gasteiger partial charge in [0, 0.05) is 19.3 Å². The molecule has 1 heterocycles. The quantitative estimate of drug-likeness (QED) is 0.768. The predicted molar refractivity (Wildman–Crippen MR) is 68.6 cm³/mol. The van der Waals surface area contributed by atoms with Gasteiger partial charge in [0.2, 0.25) is 0 Å². The van der Waals surface area contributed by atoms with E-state index in [4.69, 9.17) is 0 Å². The van der Waals surface area contributed by atoms with Gasteiger partial charge in [-0.15, -0.1) is 0 Å². The first-order valence-electron chi connectivity index (χ1n) is 6.04. The van der Waals surface area contributed by atoms with Crippen molar-refractivity contribution in [2.24, 2.45) is 0 Å². The van der Waals surface area contributed by atoms with Gasteiger partial charge in [-0.2, -0.15) is 0 Å². The first-order valence-corrected chi connectivity index (χ1v) is 7.53. The molecule has 1 aromatic rings. The van der Waals surface area contributed by atoms with Crippen molar-refractivity contribution < 1.29 is 13.5 Å². The second-order valence-electron chi connectivity index (χ2n) is 4.61. The van der Waals surface area contributed by atoms with Crippen molar-refractivity contribution in [3.63, 3.8) is 0 Å². The largest absolute Gasteiger partial charge is 0.389 e. The van der Waals surface area contributed by atoms with Gasteiger partial charge in [-0.05, 0) is 20.3 Å². The van der Waals surface area contributed by atoms with Gasteiger partial charge in [-0.25, -0.2) is 18.1 Å². The molecule has 0 aliphatic rings. The fraction of sp³-hybridized carbons (Fsp3) is 0.727. The van der Waals surface area contributed by atoms with Gasteiger partial charge < -0.3 is 9.67 Å². The van der Waals surface area contributed by atoms with Crippen LogP contribution in [0.3, 0.4) is 0 Å². The Morgan fingerprint density at radius 2 is 2.17 bits per heavy atom. The molecule has 1 aromatic heterocycles. The zero-order chi connectivity index (χ0) is 13.8. The Bertz CT molecular complexity index is 479. The highest BCUT2D eigenvalue weighted by atomic mass is 32.2. The summed E-state index contributed by atoms with van der Waals surface area (Å²) in [6, 6.07) is 0. The highest BCUT2D eigenvalue weighted by Crippen LogP contribution is 2.12. The standard InChI is InChI=1S/C11H21N3O3S/c1-4-6-11(3,15)8-13-18(16,17)10-7-14(5-2)9-12-10/h7,9,13,15H,4-6,8H2,1-3H3. The average molecular weight is 275 g/mol. The highest BCUT2D eigenvalue weighted by Gasteiger charge is 2.24. The molecule has 1 atom stereocenters. The minimum Gasteiger partial charge on any atom is -0.389 e. The zero-order valence-electron chi connectivity index (χ0n) is 11.0. The minimum absolute atomic E-state index is 0.0117. The number of aromatic nitrogens is 2. The molecule has 0 aromatic carbocycles. The molecule has 0 amide bonds. The van der Waals surface area contributed by atoms with E-state index in [9.17, 15) is 13.5 Å². The lowest BCUT2D eigenvalue weighted by Crippen LogP contribution is -2.40. The van der Waals surface area contributed by atoms with Crippen molar-refractivity contribution in [2.75, 3.05) is 6.54 Å². The van der Waals surface area contributed by atoms with Gasteiger partial charge in [0.15, 0.2) is 5.03 Å². The number of rotatable bonds is 7. The van der Waals surface area contributed by atoms with Gasteiger partial charge in [0.25, 0.3) is 10.0 Å². The lowest BCUT2D eigenvalue weighted by Gasteiger charge is -2.22. The summed E-state index contributed by atoms with van der Waals surface area (Å²) in [5.41, 5.74) is -1.03. The number of imidazole rings is 1. The Kier molecular flexibility index (Phi) is 4.89. The molecule has 1 unspecified atom stereocenters. The summed E-state index contributed by atoms with van der Waals surface area (Å²) in [5, 5.41) is 9.91. The monoisotopic (exact) mass is 275 g/mol. The third-order valence-corrected chi connectivity index (χ3v) is 3.97. The lowest BCUT2D eigenvalue weighted by atomic mass is 10.0. The van der Waals surface area contributed by atoms with Crippen molar-refractivity contribution in [3.8, 4) is 0 Å². The normalized spacial score (nSPS) is 15.6. The SMILES string of the molecule is CCCC(C)(O)CNS(=O)(=O)c1cn(CC)cn1. The molecule has 0 saturated carbocycles. The van der Waals surface area contributed by atoms with Crippen LogP contribution in [0, 0.1) is 0 Å². The fourth-order valence-corrected chi connectivity index (χ4v) is 2.71. The molecule has 0 saturated heterocycles. The zero-order valence-corrected chi connectivity index (χ0v) is 11.9. The van der Waals surface area contributed by atoms with Crippen LogP contribution in [-0.4, -0.2) is 35.2 Å². The van der Waals surface area contributed by atoms with Crippen molar-refractivity contribution in [1.29, 1.82) is 0 Å². The van der Waals surface area contributed by atoms with E-state index in [1.54, 1.807) is 11.5 Å². The number of aliphatic hydroxyl groups is 1. The maximum atomic E-state index is 11.9. The molecule has 7 heteroatoms. The summed E-state index contributed by atoms with van der Waals surface area (Å²) in [6.07, 6.45) is 4.27. The number of sulfonamides is 1. The van der Waals surface area contributed by atoms with E-state index in [0.717, 1.165) is 6.42 Å². The van der Waals surface area contributed by atoms with Crippen LogP contribution in [0.1, 0.15) is 33.6 Å². The molecule has 2 N–H and O–H groups in total. The third-order valence-electron chi connectivity index (χ3n) is 2.68. The number of hydrogen-bond acceptors (Lipinski definition) is 4. The highest BCUT2D eigenvalue weighted by molar-refractivity contribution is 7.89. The Hall–Kier alpha value is -0.920. The second kappa shape index (κ2) is 5.81. The van der Waals surface area contributed by atoms with Gasteiger partial charge in [0.1, 0.15) is 0 Å². The van der Waals surface area contributed by atoms with E-state index in [2.05, 4.69) is 9.71 Å². The van der Waals surface area contributed by atoms with E-state index in [1.807, 2.05) is 13.8 Å². The molecule has 104 valence electrons. The second-order valence-corrected chi connectivity index (χ2v) is 6.33. The summed E-state index contributed by atoms with van der Waals surface area (Å²) < 4.78 is 27.9. The van der Waals surface area contributed by atoms with Gasteiger partial charge in [-0.3, -0.25) is 0 Å². The molecular formula is C11H21N3O3S. The Labute approximate surface area is 108 Å². The van der Waals surface area contributed by atoms with Gasteiger partial charge >= 0.3 is 0 Å². The molecule has 18 heavy (non-hydrogen) atoms. The molecule has 6 nitrogen and oxygen atoms in total. The summed E-state index contributed by atoms with van der Waals surface area (Å²) in [5.74, 6) is 0. The van der Waals surface area contributed by atoms with E-state index in [-0.39, 0.29) is 11.6 Å². The van der Waals surface area contributed by atoms with Crippen LogP contribution in [0.5, 0.6) is 0 Å².